The Kier molecular flexibility index (Phi) is 5.91. The summed E-state index contributed by atoms with van der Waals surface area (Å²) in [6.45, 7) is 3.88. The molecule has 1 amide bonds. The standard InChI is InChI=1S/C17H20N2O2S/c1-12(3-4-13-5-7-15(21-2)8-6-13)17(20)19-14-9-16(10-14)22-11-18/h5-8,14,16H,1,3-4,9-10H2,2H3,(H,19,20)/t14-,16+. The Bertz CT molecular complexity index is 571. The second kappa shape index (κ2) is 7.90. The van der Waals surface area contributed by atoms with Crippen molar-refractivity contribution in [3.05, 3.63) is 42.0 Å². The van der Waals surface area contributed by atoms with E-state index in [0.29, 0.717) is 17.2 Å². The highest BCUT2D eigenvalue weighted by Crippen LogP contribution is 2.31. The predicted octanol–water partition coefficient (Wildman–Crippen LogP) is 3.05. The Morgan fingerprint density at radius 1 is 1.45 bits per heavy atom. The van der Waals surface area contributed by atoms with E-state index >= 15 is 0 Å². The van der Waals surface area contributed by atoms with Crippen LogP contribution in [0.1, 0.15) is 24.8 Å². The van der Waals surface area contributed by atoms with Gasteiger partial charge in [0.1, 0.15) is 11.2 Å². The van der Waals surface area contributed by atoms with Crippen LogP contribution in [0.4, 0.5) is 0 Å². The number of hydrogen-bond acceptors (Lipinski definition) is 4. The van der Waals surface area contributed by atoms with Gasteiger partial charge in [0.15, 0.2) is 0 Å². The third-order valence-corrected chi connectivity index (χ3v) is 4.67. The molecule has 0 atom stereocenters. The highest BCUT2D eigenvalue weighted by atomic mass is 32.2. The van der Waals surface area contributed by atoms with Crippen LogP contribution >= 0.6 is 11.8 Å². The minimum Gasteiger partial charge on any atom is -0.497 e. The Morgan fingerprint density at radius 3 is 2.73 bits per heavy atom. The molecule has 1 saturated carbocycles. The first-order valence-corrected chi connectivity index (χ1v) is 8.16. The molecule has 0 aromatic heterocycles. The van der Waals surface area contributed by atoms with E-state index in [2.05, 4.69) is 17.3 Å². The fourth-order valence-electron chi connectivity index (χ4n) is 2.34. The SMILES string of the molecule is C=C(CCc1ccc(OC)cc1)C(=O)N[C@H]1C[C@@H](SC#N)C1. The second-order valence-corrected chi connectivity index (χ2v) is 6.51. The van der Waals surface area contributed by atoms with E-state index in [9.17, 15) is 4.79 Å². The molecular formula is C17H20N2O2S. The van der Waals surface area contributed by atoms with Crippen LogP contribution in [0.25, 0.3) is 0 Å². The number of nitrogens with one attached hydrogen (secondary N) is 1. The number of aryl methyl sites for hydroxylation is 1. The van der Waals surface area contributed by atoms with Crippen LogP contribution in [0.15, 0.2) is 36.4 Å². The van der Waals surface area contributed by atoms with Crippen molar-refractivity contribution >= 4 is 17.7 Å². The Balaban J connectivity index is 1.70. The molecule has 5 heteroatoms. The van der Waals surface area contributed by atoms with Crippen LogP contribution in [0.2, 0.25) is 0 Å². The van der Waals surface area contributed by atoms with Gasteiger partial charge in [0.05, 0.1) is 7.11 Å². The number of rotatable bonds is 7. The predicted molar refractivity (Wildman–Crippen MR) is 88.6 cm³/mol. The molecule has 0 heterocycles. The van der Waals surface area contributed by atoms with Gasteiger partial charge in [-0.1, -0.05) is 18.7 Å². The van der Waals surface area contributed by atoms with Crippen LogP contribution in [0, 0.1) is 10.7 Å². The molecule has 116 valence electrons. The number of nitrogens with zero attached hydrogens (tertiary/aromatic N) is 1. The number of thiocyanates is 1. The van der Waals surface area contributed by atoms with Gasteiger partial charge in [0.25, 0.3) is 0 Å². The van der Waals surface area contributed by atoms with E-state index in [1.807, 2.05) is 24.3 Å². The van der Waals surface area contributed by atoms with Crippen LogP contribution in [0.5, 0.6) is 5.75 Å². The van der Waals surface area contributed by atoms with E-state index < -0.39 is 0 Å². The van der Waals surface area contributed by atoms with E-state index in [0.717, 1.165) is 30.6 Å². The summed E-state index contributed by atoms with van der Waals surface area (Å²) in [5, 5.41) is 14.0. The number of carbonyl (C=O) groups excluding carboxylic acids is 1. The molecule has 0 unspecified atom stereocenters. The lowest BCUT2D eigenvalue weighted by Crippen LogP contribution is -2.45. The first-order chi connectivity index (χ1) is 10.6. The molecule has 22 heavy (non-hydrogen) atoms. The molecule has 2 rings (SSSR count). The van der Waals surface area contributed by atoms with Gasteiger partial charge in [-0.2, -0.15) is 5.26 Å². The summed E-state index contributed by atoms with van der Waals surface area (Å²) >= 11 is 1.29. The first kappa shape index (κ1) is 16.4. The Labute approximate surface area is 135 Å². The average Bonchev–Trinajstić information content (AvgIpc) is 2.50. The van der Waals surface area contributed by atoms with Crippen molar-refractivity contribution in [3.8, 4) is 11.2 Å². The molecule has 1 aliphatic rings. The molecule has 0 radical (unpaired) electrons. The summed E-state index contributed by atoms with van der Waals surface area (Å²) in [4.78, 5) is 12.0. The van der Waals surface area contributed by atoms with Gasteiger partial charge in [-0.3, -0.25) is 4.79 Å². The lowest BCUT2D eigenvalue weighted by molar-refractivity contribution is -0.118. The highest BCUT2D eigenvalue weighted by molar-refractivity contribution is 8.04. The maximum atomic E-state index is 12.0. The minimum atomic E-state index is -0.0704. The smallest absolute Gasteiger partial charge is 0.246 e. The zero-order valence-electron chi connectivity index (χ0n) is 12.7. The lowest BCUT2D eigenvalue weighted by Gasteiger charge is -2.33. The topological polar surface area (TPSA) is 62.1 Å². The molecule has 4 nitrogen and oxygen atoms in total. The zero-order valence-corrected chi connectivity index (χ0v) is 13.5. The van der Waals surface area contributed by atoms with Gasteiger partial charge in [-0.05, 0) is 55.1 Å². The molecule has 1 aromatic carbocycles. The molecule has 0 saturated heterocycles. The zero-order chi connectivity index (χ0) is 15.9. The number of nitriles is 1. The summed E-state index contributed by atoms with van der Waals surface area (Å²) < 4.78 is 5.12. The van der Waals surface area contributed by atoms with Crippen molar-refractivity contribution in [1.29, 1.82) is 5.26 Å². The Morgan fingerprint density at radius 2 is 2.14 bits per heavy atom. The third-order valence-electron chi connectivity index (χ3n) is 3.85. The van der Waals surface area contributed by atoms with E-state index in [-0.39, 0.29) is 11.9 Å². The molecule has 0 bridgehead atoms. The number of thioether (sulfide) groups is 1. The summed E-state index contributed by atoms with van der Waals surface area (Å²) in [5.41, 5.74) is 1.76. The monoisotopic (exact) mass is 316 g/mol. The fraction of sp³-hybridized carbons (Fsp3) is 0.412. The van der Waals surface area contributed by atoms with Gasteiger partial charge < -0.3 is 10.1 Å². The lowest BCUT2D eigenvalue weighted by atomic mass is 9.92. The number of ether oxygens (including phenoxy) is 1. The highest BCUT2D eigenvalue weighted by Gasteiger charge is 2.31. The second-order valence-electron chi connectivity index (χ2n) is 5.42. The van der Waals surface area contributed by atoms with Crippen molar-refractivity contribution in [2.45, 2.75) is 37.0 Å². The van der Waals surface area contributed by atoms with E-state index in [1.165, 1.54) is 11.8 Å². The first-order valence-electron chi connectivity index (χ1n) is 7.28. The summed E-state index contributed by atoms with van der Waals surface area (Å²) in [5.74, 6) is 0.758. The molecule has 1 aliphatic carbocycles. The van der Waals surface area contributed by atoms with Crippen LogP contribution in [-0.4, -0.2) is 24.3 Å². The van der Waals surface area contributed by atoms with E-state index in [4.69, 9.17) is 10.00 Å². The van der Waals surface area contributed by atoms with Gasteiger partial charge in [-0.15, -0.1) is 0 Å². The van der Waals surface area contributed by atoms with Crippen LogP contribution in [0.3, 0.4) is 0 Å². The Hall–Kier alpha value is -1.93. The number of amides is 1. The molecule has 1 aromatic rings. The summed E-state index contributed by atoms with van der Waals surface area (Å²) in [7, 11) is 1.64. The van der Waals surface area contributed by atoms with Crippen molar-refractivity contribution in [3.63, 3.8) is 0 Å². The normalized spacial score (nSPS) is 19.6. The quantitative estimate of drug-likeness (QED) is 0.620. The molecular weight excluding hydrogens is 296 g/mol. The van der Waals surface area contributed by atoms with Crippen LogP contribution in [-0.2, 0) is 11.2 Å². The number of benzene rings is 1. The van der Waals surface area contributed by atoms with Crippen LogP contribution < -0.4 is 10.1 Å². The van der Waals surface area contributed by atoms with Gasteiger partial charge in [-0.25, -0.2) is 0 Å². The van der Waals surface area contributed by atoms with Crippen molar-refractivity contribution in [1.82, 2.24) is 5.32 Å². The van der Waals surface area contributed by atoms with Crippen molar-refractivity contribution in [2.24, 2.45) is 0 Å². The van der Waals surface area contributed by atoms with E-state index in [1.54, 1.807) is 7.11 Å². The molecule has 0 aliphatic heterocycles. The van der Waals surface area contributed by atoms with Crippen molar-refractivity contribution < 1.29 is 9.53 Å². The maximum Gasteiger partial charge on any atom is 0.246 e. The molecule has 1 N–H and O–H groups in total. The number of carbonyl (C=O) groups is 1. The summed E-state index contributed by atoms with van der Waals surface area (Å²) in [6.07, 6.45) is 3.17. The number of hydrogen-bond donors (Lipinski definition) is 1. The largest absolute Gasteiger partial charge is 0.497 e. The third kappa shape index (κ3) is 4.54. The molecule has 1 fully saturated rings. The van der Waals surface area contributed by atoms with Gasteiger partial charge in [0, 0.05) is 16.9 Å². The van der Waals surface area contributed by atoms with Crippen molar-refractivity contribution in [2.75, 3.05) is 7.11 Å². The minimum absolute atomic E-state index is 0.0704. The maximum absolute atomic E-state index is 12.0. The summed E-state index contributed by atoms with van der Waals surface area (Å²) in [6, 6.07) is 8.02. The average molecular weight is 316 g/mol. The van der Waals surface area contributed by atoms with Gasteiger partial charge in [0.2, 0.25) is 5.91 Å². The van der Waals surface area contributed by atoms with Gasteiger partial charge >= 0.3 is 0 Å². The molecule has 0 spiro atoms. The fourth-order valence-corrected chi connectivity index (χ4v) is 3.15. The number of methoxy groups -OCH3 is 1.